The molecule has 0 amide bonds. The molecule has 27 heavy (non-hydrogen) atoms. The third kappa shape index (κ3) is 3.69. The summed E-state index contributed by atoms with van der Waals surface area (Å²) in [5, 5.41) is 17.6. The molecule has 0 spiro atoms. The van der Waals surface area contributed by atoms with Gasteiger partial charge in [-0.3, -0.25) is 10.1 Å². The van der Waals surface area contributed by atoms with Crippen LogP contribution in [-0.2, 0) is 0 Å². The lowest BCUT2D eigenvalue weighted by Gasteiger charge is -2.10. The van der Waals surface area contributed by atoms with E-state index in [1.165, 1.54) is 6.33 Å². The van der Waals surface area contributed by atoms with Crippen molar-refractivity contribution in [3.05, 3.63) is 62.5 Å². The predicted molar refractivity (Wildman–Crippen MR) is 107 cm³/mol. The Morgan fingerprint density at radius 1 is 0.963 bits per heavy atom. The number of nitrogens with zero attached hydrogens (tertiary/aromatic N) is 3. The molecule has 10 heteroatoms. The summed E-state index contributed by atoms with van der Waals surface area (Å²) in [6, 6.07) is 12.6. The lowest BCUT2D eigenvalue weighted by atomic mass is 10.2. The minimum Gasteiger partial charge on any atom is -0.454 e. The van der Waals surface area contributed by atoms with Gasteiger partial charge in [-0.25, -0.2) is 9.97 Å². The number of fused-ring (bicyclic) bond motifs is 1. The van der Waals surface area contributed by atoms with Crippen LogP contribution in [0.2, 0.25) is 0 Å². The smallest absolute Gasteiger partial charge is 0.353 e. The zero-order valence-corrected chi connectivity index (χ0v) is 15.8. The SMILES string of the molecule is O=[N+]([O-])c1c(Nc2ccc(I)cc2)ncnc1Nc1ccc2c(c1)OCO2. The van der Waals surface area contributed by atoms with Gasteiger partial charge in [-0.15, -0.1) is 0 Å². The monoisotopic (exact) mass is 477 g/mol. The summed E-state index contributed by atoms with van der Waals surface area (Å²) in [6.07, 6.45) is 1.26. The maximum atomic E-state index is 11.7. The van der Waals surface area contributed by atoms with Gasteiger partial charge in [-0.2, -0.15) is 0 Å². The van der Waals surface area contributed by atoms with Crippen LogP contribution in [0.5, 0.6) is 11.5 Å². The zero-order valence-electron chi connectivity index (χ0n) is 13.7. The molecule has 0 atom stereocenters. The van der Waals surface area contributed by atoms with E-state index < -0.39 is 4.92 Å². The van der Waals surface area contributed by atoms with E-state index in [1.807, 2.05) is 24.3 Å². The Balaban J connectivity index is 1.66. The van der Waals surface area contributed by atoms with Crippen LogP contribution in [0.15, 0.2) is 48.8 Å². The summed E-state index contributed by atoms with van der Waals surface area (Å²) in [5.74, 6) is 1.36. The van der Waals surface area contributed by atoms with Crippen molar-refractivity contribution in [3.8, 4) is 11.5 Å². The fraction of sp³-hybridized carbons (Fsp3) is 0.0588. The number of anilines is 4. The molecule has 0 fully saturated rings. The van der Waals surface area contributed by atoms with E-state index in [9.17, 15) is 10.1 Å². The highest BCUT2D eigenvalue weighted by molar-refractivity contribution is 14.1. The molecular formula is C17H12IN5O4. The first kappa shape index (κ1) is 17.3. The van der Waals surface area contributed by atoms with Crippen LogP contribution >= 0.6 is 22.6 Å². The summed E-state index contributed by atoms with van der Waals surface area (Å²) in [6.45, 7) is 0.149. The normalized spacial score (nSPS) is 11.9. The number of rotatable bonds is 5. The average Bonchev–Trinajstić information content (AvgIpc) is 3.11. The predicted octanol–water partition coefficient (Wildman–Crippen LogP) is 4.21. The highest BCUT2D eigenvalue weighted by Gasteiger charge is 2.24. The van der Waals surface area contributed by atoms with Gasteiger partial charge < -0.3 is 20.1 Å². The minimum atomic E-state index is -0.523. The molecule has 2 heterocycles. The topological polar surface area (TPSA) is 111 Å². The summed E-state index contributed by atoms with van der Waals surface area (Å²) in [5.41, 5.74) is 1.02. The summed E-state index contributed by atoms with van der Waals surface area (Å²) < 4.78 is 11.6. The van der Waals surface area contributed by atoms with Crippen LogP contribution in [0.3, 0.4) is 0 Å². The Hall–Kier alpha value is -3.15. The van der Waals surface area contributed by atoms with Crippen molar-refractivity contribution in [1.29, 1.82) is 0 Å². The largest absolute Gasteiger partial charge is 0.454 e. The number of halogens is 1. The fourth-order valence-electron chi connectivity index (χ4n) is 2.52. The Bertz CT molecular complexity index is 1010. The van der Waals surface area contributed by atoms with Crippen molar-refractivity contribution >= 4 is 51.3 Å². The third-order valence-electron chi connectivity index (χ3n) is 3.75. The third-order valence-corrected chi connectivity index (χ3v) is 4.47. The van der Waals surface area contributed by atoms with Gasteiger partial charge in [-0.1, -0.05) is 0 Å². The van der Waals surface area contributed by atoms with Crippen LogP contribution in [0, 0.1) is 13.7 Å². The van der Waals surface area contributed by atoms with Gasteiger partial charge in [-0.05, 0) is 59.0 Å². The van der Waals surface area contributed by atoms with Crippen molar-refractivity contribution in [2.45, 2.75) is 0 Å². The number of hydrogen-bond donors (Lipinski definition) is 2. The molecule has 0 saturated carbocycles. The maximum Gasteiger partial charge on any atom is 0.353 e. The molecule has 0 bridgehead atoms. The van der Waals surface area contributed by atoms with Crippen molar-refractivity contribution in [3.63, 3.8) is 0 Å². The molecule has 2 N–H and O–H groups in total. The maximum absolute atomic E-state index is 11.7. The fourth-order valence-corrected chi connectivity index (χ4v) is 2.88. The first-order valence-electron chi connectivity index (χ1n) is 7.79. The highest BCUT2D eigenvalue weighted by atomic mass is 127. The first-order valence-corrected chi connectivity index (χ1v) is 8.87. The number of aromatic nitrogens is 2. The molecule has 0 radical (unpaired) electrons. The van der Waals surface area contributed by atoms with Crippen LogP contribution in [0.1, 0.15) is 0 Å². The van der Waals surface area contributed by atoms with Gasteiger partial charge in [0.1, 0.15) is 6.33 Å². The Labute approximate surface area is 167 Å². The first-order chi connectivity index (χ1) is 13.1. The summed E-state index contributed by atoms with van der Waals surface area (Å²) >= 11 is 2.18. The lowest BCUT2D eigenvalue weighted by Crippen LogP contribution is -2.05. The van der Waals surface area contributed by atoms with Gasteiger partial charge in [0, 0.05) is 21.0 Å². The Morgan fingerprint density at radius 2 is 1.59 bits per heavy atom. The standard InChI is InChI=1S/C17H12IN5O4/c18-10-1-3-11(4-2-10)21-16-15(23(24)25)17(20-8-19-16)22-12-5-6-13-14(7-12)27-9-26-13/h1-8H,9H2,(H2,19,20,21,22). The van der Waals surface area contributed by atoms with Crippen molar-refractivity contribution in [1.82, 2.24) is 9.97 Å². The van der Waals surface area contributed by atoms with Crippen LogP contribution < -0.4 is 20.1 Å². The second kappa shape index (κ2) is 7.23. The quantitative estimate of drug-likeness (QED) is 0.320. The van der Waals surface area contributed by atoms with Crippen molar-refractivity contribution in [2.75, 3.05) is 17.4 Å². The van der Waals surface area contributed by atoms with E-state index in [0.717, 1.165) is 3.57 Å². The molecule has 1 aliphatic rings. The van der Waals surface area contributed by atoms with E-state index in [0.29, 0.717) is 22.9 Å². The number of ether oxygens (including phenoxy) is 2. The minimum absolute atomic E-state index is 0.0712. The van der Waals surface area contributed by atoms with Crippen LogP contribution in [0.4, 0.5) is 28.7 Å². The van der Waals surface area contributed by atoms with Gasteiger partial charge in [0.25, 0.3) is 0 Å². The number of nitrogens with one attached hydrogen (secondary N) is 2. The van der Waals surface area contributed by atoms with Gasteiger partial charge in [0.15, 0.2) is 11.5 Å². The molecule has 2 aromatic carbocycles. The lowest BCUT2D eigenvalue weighted by molar-refractivity contribution is -0.383. The van der Waals surface area contributed by atoms with E-state index in [1.54, 1.807) is 18.2 Å². The van der Waals surface area contributed by atoms with E-state index in [-0.39, 0.29) is 24.1 Å². The molecule has 1 aliphatic heterocycles. The molecular weight excluding hydrogens is 465 g/mol. The van der Waals surface area contributed by atoms with E-state index in [2.05, 4.69) is 43.2 Å². The van der Waals surface area contributed by atoms with Gasteiger partial charge in [0.05, 0.1) is 4.92 Å². The average molecular weight is 477 g/mol. The van der Waals surface area contributed by atoms with Crippen LogP contribution in [0.25, 0.3) is 0 Å². The highest BCUT2D eigenvalue weighted by Crippen LogP contribution is 2.37. The van der Waals surface area contributed by atoms with E-state index in [4.69, 9.17) is 9.47 Å². The zero-order chi connectivity index (χ0) is 18.8. The van der Waals surface area contributed by atoms with Crippen molar-refractivity contribution in [2.24, 2.45) is 0 Å². The Kier molecular flexibility index (Phi) is 4.62. The number of hydrogen-bond acceptors (Lipinski definition) is 8. The van der Waals surface area contributed by atoms with Crippen LogP contribution in [-0.4, -0.2) is 21.7 Å². The second-order valence-corrected chi connectivity index (χ2v) is 6.75. The molecule has 1 aromatic heterocycles. The van der Waals surface area contributed by atoms with Gasteiger partial charge in [0.2, 0.25) is 18.4 Å². The number of nitro groups is 1. The Morgan fingerprint density at radius 3 is 2.30 bits per heavy atom. The molecule has 0 saturated heterocycles. The van der Waals surface area contributed by atoms with Gasteiger partial charge >= 0.3 is 5.69 Å². The molecule has 0 aliphatic carbocycles. The molecule has 0 unspecified atom stereocenters. The molecule has 9 nitrogen and oxygen atoms in total. The molecule has 3 aromatic rings. The molecule has 136 valence electrons. The summed E-state index contributed by atoms with van der Waals surface area (Å²) in [4.78, 5) is 19.2. The van der Waals surface area contributed by atoms with E-state index >= 15 is 0 Å². The summed E-state index contributed by atoms with van der Waals surface area (Å²) in [7, 11) is 0. The number of benzene rings is 2. The van der Waals surface area contributed by atoms with Crippen molar-refractivity contribution < 1.29 is 14.4 Å². The molecule has 4 rings (SSSR count). The second-order valence-electron chi connectivity index (χ2n) is 5.50.